The van der Waals surface area contributed by atoms with Crippen LogP contribution in [0.5, 0.6) is 0 Å². The topological polar surface area (TPSA) is 49.6 Å². The largest absolute Gasteiger partial charge is 0.461 e. The van der Waals surface area contributed by atoms with Crippen LogP contribution in [0.1, 0.15) is 19.1 Å². The maximum absolute atomic E-state index is 12.1. The number of halogens is 3. The van der Waals surface area contributed by atoms with Crippen molar-refractivity contribution in [3.63, 3.8) is 0 Å². The fraction of sp³-hybridized carbons (Fsp3) is 0.438. The van der Waals surface area contributed by atoms with Crippen molar-refractivity contribution in [2.24, 2.45) is 4.99 Å². The molecule has 2 aromatic rings. The molecule has 2 N–H and O–H groups in total. The summed E-state index contributed by atoms with van der Waals surface area (Å²) in [5.41, 5.74) is 0.827. The Bertz CT molecular complexity index is 616. The Morgan fingerprint density at radius 3 is 2.70 bits per heavy atom. The summed E-state index contributed by atoms with van der Waals surface area (Å²) in [6.07, 6.45) is -4.49. The molecule has 126 valence electrons. The van der Waals surface area contributed by atoms with Gasteiger partial charge in [0.15, 0.2) is 5.96 Å². The fourth-order valence-electron chi connectivity index (χ4n) is 2.10. The summed E-state index contributed by atoms with van der Waals surface area (Å²) in [7, 11) is 0. The Morgan fingerprint density at radius 2 is 2.00 bits per heavy atom. The molecule has 0 saturated carbocycles. The van der Waals surface area contributed by atoms with Gasteiger partial charge < -0.3 is 15.1 Å². The van der Waals surface area contributed by atoms with Crippen molar-refractivity contribution in [2.45, 2.75) is 25.9 Å². The van der Waals surface area contributed by atoms with E-state index in [1.165, 1.54) is 0 Å². The first-order valence-electron chi connectivity index (χ1n) is 7.54. The third-order valence-corrected chi connectivity index (χ3v) is 3.15. The van der Waals surface area contributed by atoms with E-state index >= 15 is 0 Å². The molecule has 7 heteroatoms. The van der Waals surface area contributed by atoms with Crippen LogP contribution in [-0.4, -0.2) is 31.8 Å². The predicted molar refractivity (Wildman–Crippen MR) is 84.6 cm³/mol. The van der Waals surface area contributed by atoms with Crippen LogP contribution < -0.4 is 10.6 Å². The number of nitrogens with zero attached hydrogens (tertiary/aromatic N) is 1. The Kier molecular flexibility index (Phi) is 5.90. The van der Waals surface area contributed by atoms with E-state index in [-0.39, 0.29) is 6.54 Å². The van der Waals surface area contributed by atoms with Crippen LogP contribution in [0.25, 0.3) is 11.0 Å². The lowest BCUT2D eigenvalue weighted by molar-refractivity contribution is -0.132. The van der Waals surface area contributed by atoms with Crippen LogP contribution in [0.2, 0.25) is 0 Å². The smallest absolute Gasteiger partial charge is 0.390 e. The Labute approximate surface area is 132 Å². The molecule has 0 aliphatic carbocycles. The molecule has 0 spiro atoms. The molecule has 1 aromatic heterocycles. The van der Waals surface area contributed by atoms with Crippen molar-refractivity contribution in [1.29, 1.82) is 0 Å². The zero-order valence-electron chi connectivity index (χ0n) is 12.9. The molecule has 4 nitrogen and oxygen atoms in total. The normalized spacial score (nSPS) is 12.6. The maximum atomic E-state index is 12.1. The highest BCUT2D eigenvalue weighted by Crippen LogP contribution is 2.19. The van der Waals surface area contributed by atoms with Crippen molar-refractivity contribution in [1.82, 2.24) is 10.6 Å². The average Bonchev–Trinajstić information content (AvgIpc) is 2.88. The second-order valence-electron chi connectivity index (χ2n) is 5.05. The van der Waals surface area contributed by atoms with Crippen LogP contribution in [0, 0.1) is 0 Å². The monoisotopic (exact) mass is 327 g/mol. The molecule has 0 amide bonds. The average molecular weight is 327 g/mol. The van der Waals surface area contributed by atoms with Gasteiger partial charge in [0, 0.05) is 24.9 Å². The van der Waals surface area contributed by atoms with Crippen molar-refractivity contribution in [3.8, 4) is 0 Å². The van der Waals surface area contributed by atoms with E-state index < -0.39 is 12.6 Å². The minimum absolute atomic E-state index is 0.288. The predicted octanol–water partition coefficient (Wildman–Crippen LogP) is 3.48. The molecule has 1 aromatic carbocycles. The lowest BCUT2D eigenvalue weighted by Gasteiger charge is -2.11. The number of nitrogens with one attached hydrogen (secondary N) is 2. The van der Waals surface area contributed by atoms with Gasteiger partial charge in [0.25, 0.3) is 0 Å². The molecule has 23 heavy (non-hydrogen) atoms. The molecular formula is C16H20F3N3O. The second kappa shape index (κ2) is 7.89. The van der Waals surface area contributed by atoms with Crippen LogP contribution in [0.15, 0.2) is 39.7 Å². The van der Waals surface area contributed by atoms with Crippen LogP contribution in [-0.2, 0) is 6.42 Å². The van der Waals surface area contributed by atoms with E-state index in [0.717, 1.165) is 16.7 Å². The molecule has 0 bridgehead atoms. The number of guanidine groups is 1. The quantitative estimate of drug-likeness (QED) is 0.631. The Balaban J connectivity index is 1.84. The van der Waals surface area contributed by atoms with Gasteiger partial charge in [-0.3, -0.25) is 4.99 Å². The molecule has 0 aliphatic rings. The third kappa shape index (κ3) is 5.84. The summed E-state index contributed by atoms with van der Waals surface area (Å²) in [5, 5.41) is 6.97. The second-order valence-corrected chi connectivity index (χ2v) is 5.05. The van der Waals surface area contributed by atoms with Crippen LogP contribution in [0.4, 0.5) is 13.2 Å². The van der Waals surface area contributed by atoms with E-state index in [2.05, 4.69) is 15.6 Å². The Hall–Kier alpha value is -2.18. The summed E-state index contributed by atoms with van der Waals surface area (Å²) >= 11 is 0. The molecule has 0 radical (unpaired) electrons. The van der Waals surface area contributed by atoms with Crippen molar-refractivity contribution >= 4 is 16.9 Å². The first-order valence-corrected chi connectivity index (χ1v) is 7.54. The number of para-hydroxylation sites is 1. The van der Waals surface area contributed by atoms with Gasteiger partial charge >= 0.3 is 6.18 Å². The minimum Gasteiger partial charge on any atom is -0.461 e. The standard InChI is InChI=1S/C16H20F3N3O/c1-2-20-15(22-10-8-16(17,18)19)21-9-7-13-11-12-5-3-4-6-14(12)23-13/h3-6,11H,2,7-10H2,1H3,(H2,20,21,22). The number of hydrogen-bond acceptors (Lipinski definition) is 2. The number of rotatable bonds is 6. The van der Waals surface area contributed by atoms with Gasteiger partial charge in [-0.05, 0) is 19.1 Å². The van der Waals surface area contributed by atoms with Gasteiger partial charge in [-0.15, -0.1) is 0 Å². The highest BCUT2D eigenvalue weighted by molar-refractivity contribution is 5.80. The highest BCUT2D eigenvalue weighted by Gasteiger charge is 2.26. The number of fused-ring (bicyclic) bond motifs is 1. The molecule has 0 aliphatic heterocycles. The highest BCUT2D eigenvalue weighted by atomic mass is 19.4. The van der Waals surface area contributed by atoms with E-state index in [4.69, 9.17) is 4.42 Å². The Morgan fingerprint density at radius 1 is 1.22 bits per heavy atom. The lowest BCUT2D eigenvalue weighted by atomic mass is 10.2. The van der Waals surface area contributed by atoms with E-state index in [9.17, 15) is 13.2 Å². The first kappa shape index (κ1) is 17.2. The van der Waals surface area contributed by atoms with E-state index in [1.54, 1.807) is 0 Å². The van der Waals surface area contributed by atoms with Gasteiger partial charge in [-0.1, -0.05) is 18.2 Å². The van der Waals surface area contributed by atoms with E-state index in [0.29, 0.717) is 25.5 Å². The number of furan rings is 1. The van der Waals surface area contributed by atoms with Crippen LogP contribution >= 0.6 is 0 Å². The fourth-order valence-corrected chi connectivity index (χ4v) is 2.10. The van der Waals surface area contributed by atoms with Crippen LogP contribution in [0.3, 0.4) is 0 Å². The molecule has 0 unspecified atom stereocenters. The van der Waals surface area contributed by atoms with Crippen molar-refractivity contribution in [2.75, 3.05) is 19.6 Å². The maximum Gasteiger partial charge on any atom is 0.390 e. The molecular weight excluding hydrogens is 307 g/mol. The van der Waals surface area contributed by atoms with Crippen molar-refractivity contribution in [3.05, 3.63) is 36.1 Å². The molecule has 1 heterocycles. The van der Waals surface area contributed by atoms with Gasteiger partial charge in [-0.2, -0.15) is 13.2 Å². The van der Waals surface area contributed by atoms with Crippen molar-refractivity contribution < 1.29 is 17.6 Å². The van der Waals surface area contributed by atoms with Gasteiger partial charge in [0.05, 0.1) is 13.0 Å². The number of benzene rings is 1. The molecule has 0 atom stereocenters. The number of aliphatic imine (C=N–C) groups is 1. The first-order chi connectivity index (χ1) is 11.0. The zero-order valence-corrected chi connectivity index (χ0v) is 12.9. The third-order valence-electron chi connectivity index (χ3n) is 3.15. The summed E-state index contributed by atoms with van der Waals surface area (Å²) in [6, 6.07) is 9.68. The van der Waals surface area contributed by atoms with Gasteiger partial charge in [-0.25, -0.2) is 0 Å². The lowest BCUT2D eigenvalue weighted by Crippen LogP contribution is -2.38. The SMILES string of the molecule is CCNC(=NCCC(F)(F)F)NCCc1cc2ccccc2o1. The number of hydrogen-bond donors (Lipinski definition) is 2. The summed E-state index contributed by atoms with van der Waals surface area (Å²) in [6.45, 7) is 2.68. The summed E-state index contributed by atoms with van der Waals surface area (Å²) in [4.78, 5) is 3.92. The number of alkyl halides is 3. The molecule has 0 saturated heterocycles. The van der Waals surface area contributed by atoms with E-state index in [1.807, 2.05) is 37.3 Å². The minimum atomic E-state index is -4.19. The molecule has 2 rings (SSSR count). The zero-order chi connectivity index (χ0) is 16.7. The van der Waals surface area contributed by atoms with Gasteiger partial charge in [0.1, 0.15) is 11.3 Å². The summed E-state index contributed by atoms with van der Waals surface area (Å²) in [5.74, 6) is 1.21. The van der Waals surface area contributed by atoms with Gasteiger partial charge in [0.2, 0.25) is 0 Å². The molecule has 0 fully saturated rings. The summed E-state index contributed by atoms with van der Waals surface area (Å²) < 4.78 is 42.1.